The molecular formula is C13H15ClO2S. The number of rotatable bonds is 3. The van der Waals surface area contributed by atoms with Crippen LogP contribution < -0.4 is 0 Å². The molecule has 1 fully saturated rings. The number of ketones is 1. The third kappa shape index (κ3) is 3.65. The molecule has 0 bridgehead atoms. The van der Waals surface area contributed by atoms with Crippen LogP contribution in [0.1, 0.15) is 31.2 Å². The van der Waals surface area contributed by atoms with Crippen LogP contribution in [0.2, 0.25) is 5.02 Å². The second kappa shape index (κ2) is 5.78. The lowest BCUT2D eigenvalue weighted by Crippen LogP contribution is -2.25. The minimum absolute atomic E-state index is 0.0481. The summed E-state index contributed by atoms with van der Waals surface area (Å²) in [5.41, 5.74) is 1.02. The van der Waals surface area contributed by atoms with Crippen molar-refractivity contribution in [3.05, 3.63) is 34.9 Å². The molecule has 2 unspecified atom stereocenters. The van der Waals surface area contributed by atoms with E-state index < -0.39 is 10.8 Å². The molecule has 1 aliphatic carbocycles. The molecule has 1 saturated carbocycles. The van der Waals surface area contributed by atoms with Crippen molar-refractivity contribution in [1.82, 2.24) is 0 Å². The van der Waals surface area contributed by atoms with Crippen LogP contribution in [0.15, 0.2) is 24.3 Å². The quantitative estimate of drug-likeness (QED) is 0.846. The predicted octanol–water partition coefficient (Wildman–Crippen LogP) is 3.10. The van der Waals surface area contributed by atoms with Gasteiger partial charge in [-0.3, -0.25) is 9.00 Å². The highest BCUT2D eigenvalue weighted by molar-refractivity contribution is 7.84. The number of halogens is 1. The maximum Gasteiger partial charge on any atom is 0.134 e. The van der Waals surface area contributed by atoms with E-state index in [1.165, 1.54) is 0 Å². The average molecular weight is 271 g/mol. The number of carbonyl (C=O) groups excluding carboxylic acids is 1. The van der Waals surface area contributed by atoms with Crippen LogP contribution in [-0.4, -0.2) is 15.2 Å². The van der Waals surface area contributed by atoms with Crippen LogP contribution in [-0.2, 0) is 21.3 Å². The zero-order valence-electron chi connectivity index (χ0n) is 9.52. The van der Waals surface area contributed by atoms with Crippen molar-refractivity contribution >= 4 is 28.2 Å². The van der Waals surface area contributed by atoms with E-state index in [0.29, 0.717) is 23.6 Å². The van der Waals surface area contributed by atoms with Gasteiger partial charge in [0.05, 0.1) is 0 Å². The summed E-state index contributed by atoms with van der Waals surface area (Å²) in [7, 11) is -0.949. The van der Waals surface area contributed by atoms with Crippen molar-refractivity contribution in [2.45, 2.75) is 36.7 Å². The van der Waals surface area contributed by atoms with E-state index in [0.717, 1.165) is 18.4 Å². The standard InChI is InChI=1S/C13H15ClO2S/c14-11-6-4-10(5-7-11)9-17(16)13-3-1-2-12(15)8-13/h4-7,13H,1-3,8-9H2. The molecule has 0 amide bonds. The first kappa shape index (κ1) is 12.8. The largest absolute Gasteiger partial charge is 0.300 e. The maximum absolute atomic E-state index is 12.1. The summed E-state index contributed by atoms with van der Waals surface area (Å²) in [6.07, 6.45) is 2.94. The van der Waals surface area contributed by atoms with Crippen LogP contribution >= 0.6 is 11.6 Å². The van der Waals surface area contributed by atoms with Crippen molar-refractivity contribution in [2.75, 3.05) is 0 Å². The zero-order valence-corrected chi connectivity index (χ0v) is 11.1. The van der Waals surface area contributed by atoms with Crippen molar-refractivity contribution < 1.29 is 9.00 Å². The van der Waals surface area contributed by atoms with Gasteiger partial charge in [0.2, 0.25) is 0 Å². The molecule has 17 heavy (non-hydrogen) atoms. The van der Waals surface area contributed by atoms with E-state index in [9.17, 15) is 9.00 Å². The molecular weight excluding hydrogens is 256 g/mol. The Hall–Kier alpha value is -0.670. The summed E-state index contributed by atoms with van der Waals surface area (Å²) in [4.78, 5) is 11.3. The van der Waals surface area contributed by atoms with Gasteiger partial charge in [-0.15, -0.1) is 0 Å². The van der Waals surface area contributed by atoms with Crippen LogP contribution in [0.4, 0.5) is 0 Å². The highest BCUT2D eigenvalue weighted by atomic mass is 35.5. The maximum atomic E-state index is 12.1. The van der Waals surface area contributed by atoms with E-state index in [4.69, 9.17) is 11.6 Å². The van der Waals surface area contributed by atoms with Gasteiger partial charge < -0.3 is 0 Å². The van der Waals surface area contributed by atoms with E-state index in [2.05, 4.69) is 0 Å². The lowest BCUT2D eigenvalue weighted by molar-refractivity contribution is -0.120. The molecule has 0 saturated heterocycles. The van der Waals surface area contributed by atoms with Crippen LogP contribution in [0.3, 0.4) is 0 Å². The third-order valence-corrected chi connectivity index (χ3v) is 5.05. The van der Waals surface area contributed by atoms with Gasteiger partial charge in [-0.1, -0.05) is 23.7 Å². The third-order valence-electron chi connectivity index (χ3n) is 3.03. The molecule has 0 aliphatic heterocycles. The Morgan fingerprint density at radius 3 is 2.65 bits per heavy atom. The fourth-order valence-electron chi connectivity index (χ4n) is 2.07. The Kier molecular flexibility index (Phi) is 4.35. The monoisotopic (exact) mass is 270 g/mol. The highest BCUT2D eigenvalue weighted by Gasteiger charge is 2.24. The van der Waals surface area contributed by atoms with Gasteiger partial charge in [0, 0.05) is 39.7 Å². The number of benzene rings is 1. The van der Waals surface area contributed by atoms with Crippen molar-refractivity contribution in [2.24, 2.45) is 0 Å². The summed E-state index contributed by atoms with van der Waals surface area (Å²) in [6.45, 7) is 0. The lowest BCUT2D eigenvalue weighted by Gasteiger charge is -2.20. The predicted molar refractivity (Wildman–Crippen MR) is 70.6 cm³/mol. The number of carbonyl (C=O) groups is 1. The zero-order chi connectivity index (χ0) is 12.3. The Balaban J connectivity index is 1.96. The number of Topliss-reactive ketones (excluding diaryl/α,β-unsaturated/α-hetero) is 1. The molecule has 1 aliphatic rings. The second-order valence-electron chi connectivity index (χ2n) is 4.41. The van der Waals surface area contributed by atoms with Crippen molar-refractivity contribution in [3.63, 3.8) is 0 Å². The topological polar surface area (TPSA) is 34.1 Å². The van der Waals surface area contributed by atoms with Crippen LogP contribution in [0.5, 0.6) is 0 Å². The van der Waals surface area contributed by atoms with Crippen LogP contribution in [0.25, 0.3) is 0 Å². The lowest BCUT2D eigenvalue weighted by atomic mass is 9.99. The van der Waals surface area contributed by atoms with Gasteiger partial charge in [-0.25, -0.2) is 0 Å². The normalized spacial score (nSPS) is 22.4. The van der Waals surface area contributed by atoms with Crippen molar-refractivity contribution in [3.8, 4) is 0 Å². The van der Waals surface area contributed by atoms with E-state index >= 15 is 0 Å². The Morgan fingerprint density at radius 2 is 2.00 bits per heavy atom. The molecule has 2 atom stereocenters. The molecule has 0 heterocycles. The van der Waals surface area contributed by atoms with Gasteiger partial charge in [-0.05, 0) is 30.5 Å². The summed E-state index contributed by atoms with van der Waals surface area (Å²) in [6, 6.07) is 7.40. The molecule has 0 spiro atoms. The van der Waals surface area contributed by atoms with E-state index in [1.54, 1.807) is 12.1 Å². The minimum atomic E-state index is -0.949. The molecule has 0 aromatic heterocycles. The second-order valence-corrected chi connectivity index (χ2v) is 6.56. The minimum Gasteiger partial charge on any atom is -0.300 e. The fraction of sp³-hybridized carbons (Fsp3) is 0.462. The molecule has 1 aromatic rings. The molecule has 0 radical (unpaired) electrons. The summed E-state index contributed by atoms with van der Waals surface area (Å²) < 4.78 is 12.1. The van der Waals surface area contributed by atoms with Gasteiger partial charge in [-0.2, -0.15) is 0 Å². The molecule has 2 nitrogen and oxygen atoms in total. The molecule has 1 aromatic carbocycles. The van der Waals surface area contributed by atoms with Gasteiger partial charge in [0.15, 0.2) is 0 Å². The summed E-state index contributed by atoms with van der Waals surface area (Å²) >= 11 is 5.80. The Labute approximate surface area is 109 Å². The van der Waals surface area contributed by atoms with E-state index in [-0.39, 0.29) is 11.0 Å². The van der Waals surface area contributed by atoms with E-state index in [1.807, 2.05) is 12.1 Å². The van der Waals surface area contributed by atoms with Crippen molar-refractivity contribution in [1.29, 1.82) is 0 Å². The average Bonchev–Trinajstić information content (AvgIpc) is 2.32. The molecule has 2 rings (SSSR count). The summed E-state index contributed by atoms with van der Waals surface area (Å²) in [5.74, 6) is 0.778. The first-order valence-corrected chi connectivity index (χ1v) is 7.54. The first-order chi connectivity index (χ1) is 8.15. The van der Waals surface area contributed by atoms with Gasteiger partial charge in [0.1, 0.15) is 5.78 Å². The smallest absolute Gasteiger partial charge is 0.134 e. The molecule has 4 heteroatoms. The fourth-order valence-corrected chi connectivity index (χ4v) is 3.76. The van der Waals surface area contributed by atoms with Gasteiger partial charge >= 0.3 is 0 Å². The summed E-state index contributed by atoms with van der Waals surface area (Å²) in [5, 5.41) is 0.735. The van der Waals surface area contributed by atoms with Crippen LogP contribution in [0, 0.1) is 0 Å². The SMILES string of the molecule is O=C1CCCC(S(=O)Cc2ccc(Cl)cc2)C1. The first-order valence-electron chi connectivity index (χ1n) is 5.78. The Bertz CT molecular complexity index is 428. The number of hydrogen-bond acceptors (Lipinski definition) is 2. The Morgan fingerprint density at radius 1 is 1.29 bits per heavy atom. The molecule has 0 N–H and O–H groups in total. The highest BCUT2D eigenvalue weighted by Crippen LogP contribution is 2.22. The number of hydrogen-bond donors (Lipinski definition) is 0. The molecule has 92 valence electrons. The van der Waals surface area contributed by atoms with Gasteiger partial charge in [0.25, 0.3) is 0 Å².